The second-order valence-electron chi connectivity index (χ2n) is 4.50. The van der Waals surface area contributed by atoms with Crippen LogP contribution in [0, 0.1) is 0 Å². The van der Waals surface area contributed by atoms with Crippen LogP contribution in [-0.4, -0.2) is 6.54 Å². The van der Waals surface area contributed by atoms with Gasteiger partial charge in [0.1, 0.15) is 0 Å². The van der Waals surface area contributed by atoms with Crippen molar-refractivity contribution in [2.75, 3.05) is 6.54 Å². The Hall–Kier alpha value is -1.57. The molecule has 19 heavy (non-hydrogen) atoms. The molecule has 2 aromatic carbocycles. The van der Waals surface area contributed by atoms with Gasteiger partial charge in [-0.1, -0.05) is 66.2 Å². The van der Waals surface area contributed by atoms with Gasteiger partial charge in [-0.25, -0.2) is 0 Å². The van der Waals surface area contributed by atoms with Crippen LogP contribution >= 0.6 is 11.6 Å². The summed E-state index contributed by atoms with van der Waals surface area (Å²) < 4.78 is 0. The molecule has 0 saturated heterocycles. The summed E-state index contributed by atoms with van der Waals surface area (Å²) in [6.07, 6.45) is 4.26. The zero-order valence-electron chi connectivity index (χ0n) is 11.0. The molecule has 0 fully saturated rings. The highest BCUT2D eigenvalue weighted by atomic mass is 35.5. The van der Waals surface area contributed by atoms with Gasteiger partial charge >= 0.3 is 0 Å². The molecule has 1 nitrogen and oxygen atoms in total. The molecule has 2 heteroatoms. The molecule has 0 spiro atoms. The first kappa shape index (κ1) is 13.9. The Balaban J connectivity index is 1.84. The molecule has 0 aliphatic heterocycles. The van der Waals surface area contributed by atoms with Crippen molar-refractivity contribution in [2.24, 2.45) is 0 Å². The van der Waals surface area contributed by atoms with Crippen molar-refractivity contribution in [3.05, 3.63) is 76.8 Å². The Labute approximate surface area is 119 Å². The van der Waals surface area contributed by atoms with Gasteiger partial charge in [0.25, 0.3) is 0 Å². The molecule has 0 amide bonds. The molecule has 1 N–H and O–H groups in total. The lowest BCUT2D eigenvalue weighted by Crippen LogP contribution is -2.18. The fraction of sp³-hybridized carbons (Fsp3) is 0.176. The van der Waals surface area contributed by atoms with Gasteiger partial charge < -0.3 is 5.32 Å². The van der Waals surface area contributed by atoms with E-state index in [1.165, 1.54) is 11.1 Å². The standard InChI is InChI=1S/C17H18ClN/c1-14(16-10-5-11-17(18)13-16)19-12-6-9-15-7-3-2-4-8-15/h2-11,13-14,19H,12H2,1H3/b9-6+/t14-/m1/s1. The number of benzene rings is 2. The van der Waals surface area contributed by atoms with Crippen molar-refractivity contribution in [3.63, 3.8) is 0 Å². The fourth-order valence-corrected chi connectivity index (χ4v) is 2.10. The van der Waals surface area contributed by atoms with Gasteiger partial charge in [0, 0.05) is 17.6 Å². The summed E-state index contributed by atoms with van der Waals surface area (Å²) >= 11 is 5.99. The van der Waals surface area contributed by atoms with Crippen LogP contribution in [0.3, 0.4) is 0 Å². The third kappa shape index (κ3) is 4.55. The van der Waals surface area contributed by atoms with E-state index in [2.05, 4.69) is 42.6 Å². The number of hydrogen-bond acceptors (Lipinski definition) is 1. The van der Waals surface area contributed by atoms with Crippen LogP contribution in [0.2, 0.25) is 5.02 Å². The van der Waals surface area contributed by atoms with Gasteiger partial charge in [0.2, 0.25) is 0 Å². The van der Waals surface area contributed by atoms with Crippen LogP contribution in [0.1, 0.15) is 24.1 Å². The summed E-state index contributed by atoms with van der Waals surface area (Å²) in [5, 5.41) is 4.23. The summed E-state index contributed by atoms with van der Waals surface area (Å²) in [5.74, 6) is 0. The molecule has 0 aliphatic rings. The second-order valence-corrected chi connectivity index (χ2v) is 4.93. The summed E-state index contributed by atoms with van der Waals surface area (Å²) in [6, 6.07) is 18.6. The van der Waals surface area contributed by atoms with Crippen LogP contribution in [0.5, 0.6) is 0 Å². The lowest BCUT2D eigenvalue weighted by molar-refractivity contribution is 0.618. The van der Waals surface area contributed by atoms with E-state index in [9.17, 15) is 0 Å². The van der Waals surface area contributed by atoms with Crippen LogP contribution in [0.15, 0.2) is 60.7 Å². The number of halogens is 1. The van der Waals surface area contributed by atoms with E-state index in [1.54, 1.807) is 0 Å². The van der Waals surface area contributed by atoms with Crippen LogP contribution in [0.4, 0.5) is 0 Å². The minimum Gasteiger partial charge on any atom is -0.307 e. The monoisotopic (exact) mass is 271 g/mol. The Bertz CT molecular complexity index is 534. The molecular weight excluding hydrogens is 254 g/mol. The molecule has 0 aliphatic carbocycles. The normalized spacial score (nSPS) is 12.7. The average molecular weight is 272 g/mol. The van der Waals surface area contributed by atoms with Gasteiger partial charge in [-0.05, 0) is 30.2 Å². The molecule has 1 atom stereocenters. The van der Waals surface area contributed by atoms with Crippen LogP contribution in [0.25, 0.3) is 6.08 Å². The van der Waals surface area contributed by atoms with Crippen molar-refractivity contribution in [3.8, 4) is 0 Å². The lowest BCUT2D eigenvalue weighted by atomic mass is 10.1. The molecule has 98 valence electrons. The van der Waals surface area contributed by atoms with Crippen LogP contribution in [-0.2, 0) is 0 Å². The SMILES string of the molecule is C[C@@H](NC/C=C/c1ccccc1)c1cccc(Cl)c1. The third-order valence-corrected chi connectivity index (χ3v) is 3.24. The molecule has 0 aromatic heterocycles. The van der Waals surface area contributed by atoms with E-state index in [1.807, 2.05) is 36.4 Å². The molecule has 0 heterocycles. The zero-order valence-corrected chi connectivity index (χ0v) is 11.8. The van der Waals surface area contributed by atoms with Crippen molar-refractivity contribution in [1.82, 2.24) is 5.32 Å². The second kappa shape index (κ2) is 7.13. The average Bonchev–Trinajstić information content (AvgIpc) is 2.44. The summed E-state index contributed by atoms with van der Waals surface area (Å²) in [5.41, 5.74) is 2.43. The highest BCUT2D eigenvalue weighted by molar-refractivity contribution is 6.30. The van der Waals surface area contributed by atoms with E-state index in [0.29, 0.717) is 6.04 Å². The molecule has 0 unspecified atom stereocenters. The highest BCUT2D eigenvalue weighted by Crippen LogP contribution is 2.17. The Kier molecular flexibility index (Phi) is 5.20. The van der Waals surface area contributed by atoms with E-state index in [0.717, 1.165) is 11.6 Å². The van der Waals surface area contributed by atoms with Gasteiger partial charge in [0.15, 0.2) is 0 Å². The first-order valence-corrected chi connectivity index (χ1v) is 6.84. The van der Waals surface area contributed by atoms with Gasteiger partial charge in [-0.2, -0.15) is 0 Å². The van der Waals surface area contributed by atoms with Crippen molar-refractivity contribution in [2.45, 2.75) is 13.0 Å². The molecule has 0 bridgehead atoms. The first-order chi connectivity index (χ1) is 9.25. The van der Waals surface area contributed by atoms with Gasteiger partial charge in [-0.15, -0.1) is 0 Å². The molecular formula is C17H18ClN. The summed E-state index contributed by atoms with van der Waals surface area (Å²) in [4.78, 5) is 0. The Morgan fingerprint density at radius 3 is 2.63 bits per heavy atom. The van der Waals surface area contributed by atoms with Crippen molar-refractivity contribution < 1.29 is 0 Å². The van der Waals surface area contributed by atoms with E-state index >= 15 is 0 Å². The number of hydrogen-bond donors (Lipinski definition) is 1. The lowest BCUT2D eigenvalue weighted by Gasteiger charge is -2.12. The van der Waals surface area contributed by atoms with Crippen LogP contribution < -0.4 is 5.32 Å². The van der Waals surface area contributed by atoms with E-state index < -0.39 is 0 Å². The number of nitrogens with one attached hydrogen (secondary N) is 1. The van der Waals surface area contributed by atoms with E-state index in [-0.39, 0.29) is 0 Å². The first-order valence-electron chi connectivity index (χ1n) is 6.46. The Morgan fingerprint density at radius 2 is 1.89 bits per heavy atom. The maximum absolute atomic E-state index is 5.99. The minimum absolute atomic E-state index is 0.291. The quantitative estimate of drug-likeness (QED) is 0.831. The third-order valence-electron chi connectivity index (χ3n) is 3.00. The largest absolute Gasteiger partial charge is 0.307 e. The smallest absolute Gasteiger partial charge is 0.0409 e. The predicted octanol–water partition coefficient (Wildman–Crippen LogP) is 4.70. The Morgan fingerprint density at radius 1 is 1.11 bits per heavy atom. The molecule has 2 aromatic rings. The molecule has 0 radical (unpaired) electrons. The van der Waals surface area contributed by atoms with Gasteiger partial charge in [-0.3, -0.25) is 0 Å². The summed E-state index contributed by atoms with van der Waals surface area (Å²) in [6.45, 7) is 2.98. The fourth-order valence-electron chi connectivity index (χ4n) is 1.90. The maximum Gasteiger partial charge on any atom is 0.0409 e. The highest BCUT2D eigenvalue weighted by Gasteiger charge is 2.03. The molecule has 0 saturated carbocycles. The minimum atomic E-state index is 0.291. The summed E-state index contributed by atoms with van der Waals surface area (Å²) in [7, 11) is 0. The maximum atomic E-state index is 5.99. The molecule has 2 rings (SSSR count). The van der Waals surface area contributed by atoms with Gasteiger partial charge in [0.05, 0.1) is 0 Å². The van der Waals surface area contributed by atoms with E-state index in [4.69, 9.17) is 11.6 Å². The zero-order chi connectivity index (χ0) is 13.5. The topological polar surface area (TPSA) is 12.0 Å². The van der Waals surface area contributed by atoms with Crippen molar-refractivity contribution in [1.29, 1.82) is 0 Å². The predicted molar refractivity (Wildman–Crippen MR) is 83.3 cm³/mol. The van der Waals surface area contributed by atoms with Crippen molar-refractivity contribution >= 4 is 17.7 Å². The number of rotatable bonds is 5.